The number of hydrogen-bond acceptors (Lipinski definition) is 9. The second-order valence-corrected chi connectivity index (χ2v) is 9.74. The Morgan fingerprint density at radius 1 is 1.23 bits per heavy atom. The number of primary amides is 1. The molecule has 0 saturated heterocycles. The van der Waals surface area contributed by atoms with Crippen LogP contribution in [0.2, 0.25) is 0 Å². The Morgan fingerprint density at radius 3 is 2.51 bits per heavy atom. The van der Waals surface area contributed by atoms with E-state index in [0.717, 1.165) is 37.0 Å². The highest BCUT2D eigenvalue weighted by molar-refractivity contribution is 7.18. The third kappa shape index (κ3) is 5.02. The maximum absolute atomic E-state index is 13.4. The van der Waals surface area contributed by atoms with Crippen LogP contribution in [0.25, 0.3) is 0 Å². The van der Waals surface area contributed by atoms with Crippen LogP contribution in [0.15, 0.2) is 34.9 Å². The molecule has 184 valence electrons. The van der Waals surface area contributed by atoms with Crippen molar-refractivity contribution in [2.24, 2.45) is 5.73 Å². The topological polar surface area (TPSA) is 157 Å². The van der Waals surface area contributed by atoms with Gasteiger partial charge in [0.1, 0.15) is 22.6 Å². The number of rotatable bonds is 8. The van der Waals surface area contributed by atoms with Crippen LogP contribution in [0, 0.1) is 5.82 Å². The van der Waals surface area contributed by atoms with E-state index in [1.54, 1.807) is 6.92 Å². The van der Waals surface area contributed by atoms with Gasteiger partial charge < -0.3 is 26.2 Å². The van der Waals surface area contributed by atoms with Gasteiger partial charge in [0.2, 0.25) is 17.5 Å². The molecule has 1 atom stereocenters. The number of nitrogens with one attached hydrogen (secondary N) is 1. The van der Waals surface area contributed by atoms with Crippen molar-refractivity contribution in [2.75, 3.05) is 10.6 Å². The van der Waals surface area contributed by atoms with Crippen molar-refractivity contribution in [3.05, 3.63) is 52.5 Å². The molecule has 0 radical (unpaired) electrons. The van der Waals surface area contributed by atoms with Gasteiger partial charge in [-0.1, -0.05) is 29.3 Å². The summed E-state index contributed by atoms with van der Waals surface area (Å²) in [6.07, 6.45) is 3.82. The highest BCUT2D eigenvalue weighted by Crippen LogP contribution is 2.36. The fourth-order valence-electron chi connectivity index (χ4n) is 4.03. The van der Waals surface area contributed by atoms with E-state index in [9.17, 15) is 18.8 Å². The van der Waals surface area contributed by atoms with Gasteiger partial charge in [0.15, 0.2) is 10.8 Å². The van der Waals surface area contributed by atoms with E-state index in [4.69, 9.17) is 16.0 Å². The molecular weight excluding hydrogens is 475 g/mol. The molecule has 1 fully saturated rings. The summed E-state index contributed by atoms with van der Waals surface area (Å²) in [5.41, 5.74) is 11.6. The predicted octanol–water partition coefficient (Wildman–Crippen LogP) is 3.16. The Labute approximate surface area is 204 Å². The lowest BCUT2D eigenvalue weighted by molar-refractivity contribution is -0.118. The number of nitrogen functional groups attached to an aromatic ring is 1. The van der Waals surface area contributed by atoms with Crippen molar-refractivity contribution >= 4 is 45.6 Å². The number of carbonyl (C=O) groups excluding carboxylic acids is 3. The summed E-state index contributed by atoms with van der Waals surface area (Å²) in [7, 11) is 0. The monoisotopic (exact) mass is 500 g/mol. The Hall–Kier alpha value is -3.80. The number of halogens is 1. The van der Waals surface area contributed by atoms with Crippen molar-refractivity contribution in [3.8, 4) is 0 Å². The van der Waals surface area contributed by atoms with Crippen LogP contribution in [0.3, 0.4) is 0 Å². The van der Waals surface area contributed by atoms with Crippen LogP contribution in [-0.2, 0) is 4.79 Å². The number of carbonyl (C=O) groups is 3. The molecule has 35 heavy (non-hydrogen) atoms. The molecule has 0 bridgehead atoms. The van der Waals surface area contributed by atoms with Gasteiger partial charge in [0, 0.05) is 17.3 Å². The molecule has 4 rings (SSSR count). The molecule has 1 aliphatic carbocycles. The fourth-order valence-corrected chi connectivity index (χ4v) is 5.07. The van der Waals surface area contributed by atoms with Crippen molar-refractivity contribution in [1.29, 1.82) is 0 Å². The van der Waals surface area contributed by atoms with Gasteiger partial charge in [0.25, 0.3) is 5.91 Å². The zero-order chi connectivity index (χ0) is 25.3. The molecule has 1 aliphatic rings. The minimum atomic E-state index is -0.869. The van der Waals surface area contributed by atoms with Gasteiger partial charge in [-0.05, 0) is 51.0 Å². The summed E-state index contributed by atoms with van der Waals surface area (Å²) < 4.78 is 18.6. The molecule has 12 heteroatoms. The number of amides is 2. The van der Waals surface area contributed by atoms with Gasteiger partial charge in [-0.15, -0.1) is 0 Å². The third-order valence-corrected chi connectivity index (χ3v) is 7.12. The Balaban J connectivity index is 1.60. The molecule has 10 nitrogen and oxygen atoms in total. The van der Waals surface area contributed by atoms with Crippen LogP contribution >= 0.6 is 11.3 Å². The van der Waals surface area contributed by atoms with E-state index in [1.165, 1.54) is 35.2 Å². The molecule has 0 aliphatic heterocycles. The summed E-state index contributed by atoms with van der Waals surface area (Å²) in [6.45, 7) is 3.53. The number of ketones is 1. The Morgan fingerprint density at radius 2 is 1.89 bits per heavy atom. The summed E-state index contributed by atoms with van der Waals surface area (Å²) in [5.74, 6) is -2.42. The molecule has 2 aromatic heterocycles. The van der Waals surface area contributed by atoms with Gasteiger partial charge in [-0.3, -0.25) is 14.4 Å². The van der Waals surface area contributed by atoms with E-state index < -0.39 is 29.5 Å². The number of benzene rings is 1. The minimum absolute atomic E-state index is 0.0138. The first-order valence-corrected chi connectivity index (χ1v) is 11.8. The molecule has 2 amide bonds. The summed E-state index contributed by atoms with van der Waals surface area (Å²) in [6, 6.07) is 5.77. The second-order valence-electron chi connectivity index (χ2n) is 8.76. The SMILES string of the molecule is C[C@H](C(N)=O)N(c1ccc(F)cc1)c1nc(N)c(C(=O)c2cc(C(=O)NC3(C)CCCC3)no2)s1. The molecule has 0 unspecified atom stereocenters. The molecule has 1 aromatic carbocycles. The standard InChI is InChI=1S/C23H25FN6O4S/c1-12(20(26)32)30(14-7-5-13(24)6-8-14)22-27-19(25)18(35-22)17(31)16-11-15(29-34-16)21(33)28-23(2)9-3-4-10-23/h5-8,11-12H,3-4,9-10,25H2,1-2H3,(H2,26,32)(H,28,33)/t12-/m1/s1. The predicted molar refractivity (Wildman–Crippen MR) is 128 cm³/mol. The Bertz CT molecular complexity index is 1270. The van der Waals surface area contributed by atoms with Gasteiger partial charge in [-0.25, -0.2) is 9.37 Å². The number of hydrogen-bond donors (Lipinski definition) is 3. The van der Waals surface area contributed by atoms with Crippen molar-refractivity contribution in [2.45, 2.75) is 51.1 Å². The van der Waals surface area contributed by atoms with E-state index in [2.05, 4.69) is 15.5 Å². The lowest BCUT2D eigenvalue weighted by Crippen LogP contribution is -2.43. The number of anilines is 3. The zero-order valence-electron chi connectivity index (χ0n) is 19.2. The van der Waals surface area contributed by atoms with Crippen molar-refractivity contribution < 1.29 is 23.3 Å². The average Bonchev–Trinajstić information content (AvgIpc) is 3.55. The third-order valence-electron chi connectivity index (χ3n) is 6.05. The van der Waals surface area contributed by atoms with Crippen molar-refractivity contribution in [3.63, 3.8) is 0 Å². The Kier molecular flexibility index (Phi) is 6.57. The fraction of sp³-hybridized carbons (Fsp3) is 0.348. The number of nitrogens with two attached hydrogens (primary N) is 2. The van der Waals surface area contributed by atoms with Gasteiger partial charge in [0.05, 0.1) is 0 Å². The molecule has 5 N–H and O–H groups in total. The first-order chi connectivity index (χ1) is 16.6. The maximum Gasteiger partial charge on any atom is 0.273 e. The van der Waals surface area contributed by atoms with Crippen LogP contribution in [0.1, 0.15) is 65.5 Å². The minimum Gasteiger partial charge on any atom is -0.382 e. The normalized spacial score (nSPS) is 15.5. The molecule has 1 saturated carbocycles. The van der Waals surface area contributed by atoms with Crippen LogP contribution in [0.5, 0.6) is 0 Å². The van der Waals surface area contributed by atoms with Crippen LogP contribution in [-0.4, -0.2) is 39.3 Å². The molecule has 3 aromatic rings. The number of thiazole rings is 1. The van der Waals surface area contributed by atoms with Crippen LogP contribution < -0.4 is 21.7 Å². The van der Waals surface area contributed by atoms with Gasteiger partial charge in [-0.2, -0.15) is 0 Å². The highest BCUT2D eigenvalue weighted by atomic mass is 32.1. The summed E-state index contributed by atoms with van der Waals surface area (Å²) in [5, 5.41) is 6.90. The second kappa shape index (κ2) is 9.45. The van der Waals surface area contributed by atoms with Gasteiger partial charge >= 0.3 is 0 Å². The van der Waals surface area contributed by atoms with Crippen molar-refractivity contribution in [1.82, 2.24) is 15.5 Å². The number of aromatic nitrogens is 2. The lowest BCUT2D eigenvalue weighted by atomic mass is 10.0. The first-order valence-electron chi connectivity index (χ1n) is 11.0. The van der Waals surface area contributed by atoms with E-state index in [-0.39, 0.29) is 32.8 Å². The van der Waals surface area contributed by atoms with Crippen LogP contribution in [0.4, 0.5) is 21.0 Å². The largest absolute Gasteiger partial charge is 0.382 e. The molecule has 0 spiro atoms. The summed E-state index contributed by atoms with van der Waals surface area (Å²) >= 11 is 0.909. The highest BCUT2D eigenvalue weighted by Gasteiger charge is 2.32. The first kappa shape index (κ1) is 24.3. The van der Waals surface area contributed by atoms with E-state index in [0.29, 0.717) is 5.69 Å². The smallest absolute Gasteiger partial charge is 0.273 e. The van der Waals surface area contributed by atoms with E-state index >= 15 is 0 Å². The lowest BCUT2D eigenvalue weighted by Gasteiger charge is -2.26. The molecular formula is C23H25FN6O4S. The summed E-state index contributed by atoms with van der Waals surface area (Å²) in [4.78, 5) is 43.4. The number of nitrogens with zero attached hydrogens (tertiary/aromatic N) is 3. The maximum atomic E-state index is 13.4. The molecule has 2 heterocycles. The average molecular weight is 501 g/mol. The van der Waals surface area contributed by atoms with E-state index in [1.807, 2.05) is 6.92 Å². The zero-order valence-corrected chi connectivity index (χ0v) is 20.0. The quantitative estimate of drug-likeness (QED) is 0.398.